The molecular formula is C14H16N4O4. The SMILES string of the molecule is CC(C)(C)OC(=O)NN=Cc1c[n+]([O-])c2ccccc2[n+]1[O-]. The number of amides is 1. The van der Waals surface area contributed by atoms with Crippen LogP contribution < -0.4 is 14.9 Å². The molecule has 0 radical (unpaired) electrons. The van der Waals surface area contributed by atoms with Crippen molar-refractivity contribution in [2.75, 3.05) is 0 Å². The van der Waals surface area contributed by atoms with Crippen LogP contribution in [-0.2, 0) is 4.74 Å². The molecule has 0 spiro atoms. The summed E-state index contributed by atoms with van der Waals surface area (Å²) in [5.74, 6) is 0. The first-order chi connectivity index (χ1) is 10.3. The first-order valence-corrected chi connectivity index (χ1v) is 6.54. The van der Waals surface area contributed by atoms with Gasteiger partial charge in [0, 0.05) is 12.1 Å². The van der Waals surface area contributed by atoms with E-state index in [9.17, 15) is 15.2 Å². The monoisotopic (exact) mass is 304 g/mol. The van der Waals surface area contributed by atoms with Gasteiger partial charge in [0.1, 0.15) is 11.8 Å². The molecule has 1 aromatic heterocycles. The van der Waals surface area contributed by atoms with E-state index in [2.05, 4.69) is 10.5 Å². The van der Waals surface area contributed by atoms with Crippen LogP contribution in [-0.4, -0.2) is 17.9 Å². The van der Waals surface area contributed by atoms with E-state index >= 15 is 0 Å². The van der Waals surface area contributed by atoms with Crippen LogP contribution in [0.4, 0.5) is 4.79 Å². The Balaban J connectivity index is 2.20. The van der Waals surface area contributed by atoms with Gasteiger partial charge < -0.3 is 15.2 Å². The highest BCUT2D eigenvalue weighted by molar-refractivity contribution is 5.78. The average Bonchev–Trinajstić information content (AvgIpc) is 2.42. The third-order valence-electron chi connectivity index (χ3n) is 2.57. The van der Waals surface area contributed by atoms with E-state index in [1.54, 1.807) is 32.9 Å². The Bertz CT molecular complexity index is 737. The van der Waals surface area contributed by atoms with Crippen LogP contribution in [0, 0.1) is 10.4 Å². The molecule has 0 aliphatic carbocycles. The van der Waals surface area contributed by atoms with Crippen molar-refractivity contribution in [2.24, 2.45) is 5.10 Å². The van der Waals surface area contributed by atoms with Gasteiger partial charge in [-0.05, 0) is 20.8 Å². The minimum absolute atomic E-state index is 0.00948. The zero-order chi connectivity index (χ0) is 16.3. The first-order valence-electron chi connectivity index (χ1n) is 6.54. The number of hydrogen-bond acceptors (Lipinski definition) is 5. The smallest absolute Gasteiger partial charge is 0.428 e. The number of carbonyl (C=O) groups excluding carboxylic acids is 1. The molecule has 1 aromatic carbocycles. The van der Waals surface area contributed by atoms with E-state index in [4.69, 9.17) is 4.74 Å². The van der Waals surface area contributed by atoms with E-state index < -0.39 is 11.7 Å². The molecule has 0 unspecified atom stereocenters. The lowest BCUT2D eigenvalue weighted by atomic mass is 10.2. The lowest BCUT2D eigenvalue weighted by Gasteiger charge is -2.18. The number of hydrazone groups is 1. The number of rotatable bonds is 2. The van der Waals surface area contributed by atoms with Crippen LogP contribution in [0.5, 0.6) is 0 Å². The molecule has 0 saturated carbocycles. The summed E-state index contributed by atoms with van der Waals surface area (Å²) in [6, 6.07) is 6.37. The van der Waals surface area contributed by atoms with Gasteiger partial charge in [0.25, 0.3) is 17.2 Å². The Morgan fingerprint density at radius 2 is 1.91 bits per heavy atom. The maximum atomic E-state index is 12.1. The van der Waals surface area contributed by atoms with Crippen molar-refractivity contribution in [2.45, 2.75) is 26.4 Å². The zero-order valence-corrected chi connectivity index (χ0v) is 12.4. The van der Waals surface area contributed by atoms with Gasteiger partial charge in [-0.15, -0.1) is 0 Å². The fourth-order valence-corrected chi connectivity index (χ4v) is 1.74. The van der Waals surface area contributed by atoms with E-state index in [0.29, 0.717) is 9.46 Å². The Labute approximate surface area is 126 Å². The van der Waals surface area contributed by atoms with Crippen molar-refractivity contribution in [3.8, 4) is 0 Å². The molecule has 0 aliphatic rings. The molecule has 0 saturated heterocycles. The molecule has 1 heterocycles. The summed E-state index contributed by atoms with van der Waals surface area (Å²) in [6.45, 7) is 5.14. The Morgan fingerprint density at radius 1 is 1.27 bits per heavy atom. The van der Waals surface area contributed by atoms with Gasteiger partial charge in [-0.1, -0.05) is 12.1 Å². The molecule has 1 N–H and O–H groups in total. The molecule has 8 heteroatoms. The third kappa shape index (κ3) is 3.60. The molecule has 0 aliphatic heterocycles. The maximum absolute atomic E-state index is 12.1. The van der Waals surface area contributed by atoms with Gasteiger partial charge in [-0.3, -0.25) is 0 Å². The summed E-state index contributed by atoms with van der Waals surface area (Å²) in [7, 11) is 0. The number of benzene rings is 1. The van der Waals surface area contributed by atoms with Gasteiger partial charge in [-0.25, -0.2) is 10.2 Å². The Hall–Kier alpha value is -2.90. The van der Waals surface area contributed by atoms with Crippen molar-refractivity contribution in [3.05, 3.63) is 46.6 Å². The summed E-state index contributed by atoms with van der Waals surface area (Å²) in [5, 5.41) is 27.6. The topological polar surface area (TPSA) is 105 Å². The minimum Gasteiger partial charge on any atom is -0.618 e. The number of hydrogen-bond donors (Lipinski definition) is 1. The van der Waals surface area contributed by atoms with Gasteiger partial charge in [0.2, 0.25) is 0 Å². The normalized spacial score (nSPS) is 11.8. The predicted octanol–water partition coefficient (Wildman–Crippen LogP) is 0.965. The molecule has 116 valence electrons. The number of para-hydroxylation sites is 2. The number of nitrogens with zero attached hydrogens (tertiary/aromatic N) is 3. The lowest BCUT2D eigenvalue weighted by molar-refractivity contribution is -0.629. The summed E-state index contributed by atoms with van der Waals surface area (Å²) in [6.07, 6.45) is 1.41. The Kier molecular flexibility index (Phi) is 4.11. The van der Waals surface area contributed by atoms with Crippen LogP contribution in [0.25, 0.3) is 11.0 Å². The van der Waals surface area contributed by atoms with Crippen molar-refractivity contribution >= 4 is 23.3 Å². The van der Waals surface area contributed by atoms with Crippen LogP contribution in [0.1, 0.15) is 26.5 Å². The molecule has 2 aromatic rings. The van der Waals surface area contributed by atoms with E-state index in [-0.39, 0.29) is 16.7 Å². The highest BCUT2D eigenvalue weighted by Gasteiger charge is 2.18. The molecule has 0 fully saturated rings. The molecule has 0 bridgehead atoms. The van der Waals surface area contributed by atoms with E-state index in [1.807, 2.05) is 0 Å². The molecule has 0 atom stereocenters. The number of ether oxygens (including phenoxy) is 1. The van der Waals surface area contributed by atoms with Gasteiger partial charge >= 0.3 is 11.8 Å². The minimum atomic E-state index is -0.753. The summed E-state index contributed by atoms with van der Waals surface area (Å²) < 4.78 is 6.11. The van der Waals surface area contributed by atoms with Crippen molar-refractivity contribution in [1.82, 2.24) is 5.43 Å². The largest absolute Gasteiger partial charge is 0.618 e. The van der Waals surface area contributed by atoms with Crippen LogP contribution in [0.3, 0.4) is 0 Å². The standard InChI is InChI=1S/C14H16N4O4/c1-14(2,3)22-13(19)16-15-8-10-9-17(20)11-6-4-5-7-12(11)18(10)21/h4-9H,1-3H3,(H,16,19). The maximum Gasteiger partial charge on any atom is 0.428 e. The van der Waals surface area contributed by atoms with Crippen LogP contribution in [0.15, 0.2) is 35.6 Å². The lowest BCUT2D eigenvalue weighted by Crippen LogP contribution is -2.41. The fourth-order valence-electron chi connectivity index (χ4n) is 1.74. The second-order valence-electron chi connectivity index (χ2n) is 5.53. The average molecular weight is 304 g/mol. The summed E-state index contributed by atoms with van der Waals surface area (Å²) >= 11 is 0. The predicted molar refractivity (Wildman–Crippen MR) is 78.8 cm³/mol. The van der Waals surface area contributed by atoms with E-state index in [0.717, 1.165) is 12.4 Å². The van der Waals surface area contributed by atoms with Crippen LogP contribution in [0.2, 0.25) is 0 Å². The second kappa shape index (κ2) is 5.84. The van der Waals surface area contributed by atoms with Crippen molar-refractivity contribution < 1.29 is 19.0 Å². The molecule has 8 nitrogen and oxygen atoms in total. The van der Waals surface area contributed by atoms with Gasteiger partial charge in [0.15, 0.2) is 0 Å². The quantitative estimate of drug-likeness (QED) is 0.386. The van der Waals surface area contributed by atoms with Gasteiger partial charge in [-0.2, -0.15) is 14.6 Å². The Morgan fingerprint density at radius 3 is 2.55 bits per heavy atom. The molecule has 22 heavy (non-hydrogen) atoms. The first kappa shape index (κ1) is 15.5. The second-order valence-corrected chi connectivity index (χ2v) is 5.53. The van der Waals surface area contributed by atoms with Crippen molar-refractivity contribution in [1.29, 1.82) is 0 Å². The number of carbonyl (C=O) groups is 1. The highest BCUT2D eigenvalue weighted by Crippen LogP contribution is 2.06. The van der Waals surface area contributed by atoms with Crippen molar-refractivity contribution in [3.63, 3.8) is 0 Å². The number of fused-ring (bicyclic) bond motifs is 1. The highest BCUT2D eigenvalue weighted by atomic mass is 16.6. The van der Waals surface area contributed by atoms with Gasteiger partial charge in [0.05, 0.1) is 0 Å². The molecular weight excluding hydrogens is 288 g/mol. The summed E-state index contributed by atoms with van der Waals surface area (Å²) in [5.41, 5.74) is 1.92. The molecule has 1 amide bonds. The number of nitrogens with one attached hydrogen (secondary N) is 1. The zero-order valence-electron chi connectivity index (χ0n) is 12.4. The fraction of sp³-hybridized carbons (Fsp3) is 0.286. The summed E-state index contributed by atoms with van der Waals surface area (Å²) in [4.78, 5) is 11.4. The third-order valence-corrected chi connectivity index (χ3v) is 2.57. The number of aromatic nitrogens is 2. The van der Waals surface area contributed by atoms with E-state index in [1.165, 1.54) is 12.1 Å². The van der Waals surface area contributed by atoms with Crippen LogP contribution >= 0.6 is 0 Å². The molecule has 2 rings (SSSR count).